The Morgan fingerprint density at radius 3 is 2.73 bits per heavy atom. The van der Waals surface area contributed by atoms with Crippen molar-refractivity contribution >= 4 is 20.9 Å². The minimum Gasteiger partial charge on any atom is -0.391 e. The third-order valence-corrected chi connectivity index (χ3v) is 5.98. The Morgan fingerprint density at radius 2 is 2.05 bits per heavy atom. The molecule has 118 valence electrons. The minimum absolute atomic E-state index is 0.120. The van der Waals surface area contributed by atoms with Gasteiger partial charge in [0.1, 0.15) is 4.90 Å². The van der Waals surface area contributed by atoms with Crippen LogP contribution in [0.1, 0.15) is 18.5 Å². The second-order valence-electron chi connectivity index (χ2n) is 5.97. The summed E-state index contributed by atoms with van der Waals surface area (Å²) in [4.78, 5) is 4.58. The van der Waals surface area contributed by atoms with Crippen LogP contribution in [0.15, 0.2) is 35.2 Å². The van der Waals surface area contributed by atoms with Crippen molar-refractivity contribution in [2.45, 2.75) is 30.8 Å². The van der Waals surface area contributed by atoms with E-state index in [1.54, 1.807) is 12.1 Å². The second kappa shape index (κ2) is 5.61. The number of aliphatic hydroxyl groups excluding tert-OH is 1. The lowest BCUT2D eigenvalue weighted by Crippen LogP contribution is -2.35. The third-order valence-electron chi connectivity index (χ3n) is 4.12. The molecular formula is C16H20N2O3S. The van der Waals surface area contributed by atoms with E-state index in [9.17, 15) is 13.5 Å². The summed E-state index contributed by atoms with van der Waals surface area (Å²) in [5, 5.41) is 10.8. The fourth-order valence-electron chi connectivity index (χ4n) is 2.59. The maximum atomic E-state index is 12.8. The van der Waals surface area contributed by atoms with Crippen LogP contribution in [-0.2, 0) is 10.0 Å². The van der Waals surface area contributed by atoms with Gasteiger partial charge < -0.3 is 5.11 Å². The average Bonchev–Trinajstić information content (AvgIpc) is 3.30. The summed E-state index contributed by atoms with van der Waals surface area (Å²) in [5.74, 6) is 0.241. The van der Waals surface area contributed by atoms with Gasteiger partial charge in [-0.3, -0.25) is 4.98 Å². The van der Waals surface area contributed by atoms with Crippen molar-refractivity contribution in [1.29, 1.82) is 0 Å². The van der Waals surface area contributed by atoms with E-state index in [0.29, 0.717) is 5.52 Å². The van der Waals surface area contributed by atoms with Gasteiger partial charge in [-0.25, -0.2) is 8.42 Å². The first-order valence-corrected chi connectivity index (χ1v) is 8.84. The second-order valence-corrected chi connectivity index (χ2v) is 7.98. The predicted molar refractivity (Wildman–Crippen MR) is 85.0 cm³/mol. The molecule has 0 saturated heterocycles. The summed E-state index contributed by atoms with van der Waals surface area (Å²) >= 11 is 0. The summed E-state index contributed by atoms with van der Waals surface area (Å²) in [6, 6.07) is 8.87. The predicted octanol–water partition coefficient (Wildman–Crippen LogP) is 1.93. The first-order valence-electron chi connectivity index (χ1n) is 7.40. The van der Waals surface area contributed by atoms with E-state index in [4.69, 9.17) is 0 Å². The molecule has 1 aliphatic carbocycles. The van der Waals surface area contributed by atoms with E-state index in [1.807, 2.05) is 25.1 Å². The van der Waals surface area contributed by atoms with Crippen LogP contribution in [-0.4, -0.2) is 42.5 Å². The molecule has 3 rings (SSSR count). The number of hydrogen-bond donors (Lipinski definition) is 1. The van der Waals surface area contributed by atoms with Gasteiger partial charge in [0, 0.05) is 24.7 Å². The van der Waals surface area contributed by atoms with Gasteiger partial charge in [0.15, 0.2) is 0 Å². The summed E-state index contributed by atoms with van der Waals surface area (Å²) < 4.78 is 26.9. The molecule has 0 spiro atoms. The Kier molecular flexibility index (Phi) is 3.92. The van der Waals surface area contributed by atoms with Crippen molar-refractivity contribution in [2.75, 3.05) is 13.6 Å². The van der Waals surface area contributed by atoms with E-state index in [-0.39, 0.29) is 17.4 Å². The number of hydrogen-bond acceptors (Lipinski definition) is 4. The van der Waals surface area contributed by atoms with Crippen molar-refractivity contribution in [3.05, 3.63) is 36.0 Å². The molecule has 1 saturated carbocycles. The lowest BCUT2D eigenvalue weighted by molar-refractivity contribution is 0.131. The Labute approximate surface area is 130 Å². The fourth-order valence-corrected chi connectivity index (χ4v) is 3.93. The fraction of sp³-hybridized carbons (Fsp3) is 0.438. The van der Waals surface area contributed by atoms with Crippen molar-refractivity contribution in [3.63, 3.8) is 0 Å². The molecule has 1 heterocycles. The van der Waals surface area contributed by atoms with E-state index >= 15 is 0 Å². The average molecular weight is 320 g/mol. The summed E-state index contributed by atoms with van der Waals surface area (Å²) in [5.41, 5.74) is 1.26. The molecule has 1 atom stereocenters. The molecule has 2 aromatic rings. The number of likely N-dealkylation sites (N-methyl/N-ethyl adjacent to an activating group) is 1. The molecule has 1 fully saturated rings. The van der Waals surface area contributed by atoms with Gasteiger partial charge in [0.05, 0.1) is 11.6 Å². The molecular weight excluding hydrogens is 300 g/mol. The first-order chi connectivity index (χ1) is 10.4. The van der Waals surface area contributed by atoms with Gasteiger partial charge in [0.25, 0.3) is 0 Å². The highest BCUT2D eigenvalue weighted by molar-refractivity contribution is 7.89. The quantitative estimate of drug-likeness (QED) is 0.914. The molecule has 0 radical (unpaired) electrons. The molecule has 1 aromatic heterocycles. The molecule has 22 heavy (non-hydrogen) atoms. The smallest absolute Gasteiger partial charge is 0.245 e. The monoisotopic (exact) mass is 320 g/mol. The third kappa shape index (κ3) is 2.86. The van der Waals surface area contributed by atoms with Crippen LogP contribution in [0.25, 0.3) is 10.9 Å². The molecule has 1 unspecified atom stereocenters. The molecule has 0 aliphatic heterocycles. The minimum atomic E-state index is -3.67. The standard InChI is InChI=1S/C16H20N2O3S/c1-11-6-7-13-4-3-5-15(16(13)17-11)22(20,21)18(2)10-14(19)12-8-9-12/h3-7,12,14,19H,8-10H2,1-2H3. The number of rotatable bonds is 5. The lowest BCUT2D eigenvalue weighted by Gasteiger charge is -2.21. The van der Waals surface area contributed by atoms with Crippen molar-refractivity contribution in [1.82, 2.24) is 9.29 Å². The highest BCUT2D eigenvalue weighted by atomic mass is 32.2. The molecule has 5 nitrogen and oxygen atoms in total. The number of sulfonamides is 1. The molecule has 1 aliphatic rings. The largest absolute Gasteiger partial charge is 0.391 e. The number of nitrogens with zero attached hydrogens (tertiary/aromatic N) is 2. The number of aliphatic hydroxyl groups is 1. The summed E-state index contributed by atoms with van der Waals surface area (Å²) in [6.45, 7) is 1.96. The van der Waals surface area contributed by atoms with Crippen molar-refractivity contribution in [2.24, 2.45) is 5.92 Å². The van der Waals surface area contributed by atoms with E-state index in [1.165, 1.54) is 11.4 Å². The molecule has 0 bridgehead atoms. The first kappa shape index (κ1) is 15.4. The Hall–Kier alpha value is -1.50. The zero-order valence-electron chi connectivity index (χ0n) is 12.7. The summed E-state index contributed by atoms with van der Waals surface area (Å²) in [6.07, 6.45) is 1.36. The van der Waals surface area contributed by atoms with E-state index in [0.717, 1.165) is 23.9 Å². The number of aromatic nitrogens is 1. The van der Waals surface area contributed by atoms with Crippen molar-refractivity contribution < 1.29 is 13.5 Å². The van der Waals surface area contributed by atoms with Crippen LogP contribution in [0, 0.1) is 12.8 Å². The SMILES string of the molecule is Cc1ccc2cccc(S(=O)(=O)N(C)CC(O)C3CC3)c2n1. The van der Waals surface area contributed by atoms with Crippen LogP contribution in [0.2, 0.25) is 0 Å². The van der Waals surface area contributed by atoms with Gasteiger partial charge in [-0.2, -0.15) is 4.31 Å². The van der Waals surface area contributed by atoms with Gasteiger partial charge in [-0.1, -0.05) is 18.2 Å². The number of benzene rings is 1. The Morgan fingerprint density at radius 1 is 1.32 bits per heavy atom. The van der Waals surface area contributed by atoms with Crippen LogP contribution < -0.4 is 0 Å². The van der Waals surface area contributed by atoms with Gasteiger partial charge in [-0.05, 0) is 37.8 Å². The zero-order chi connectivity index (χ0) is 15.9. The number of pyridine rings is 1. The van der Waals surface area contributed by atoms with Gasteiger partial charge in [0.2, 0.25) is 10.0 Å². The maximum absolute atomic E-state index is 12.8. The normalized spacial score (nSPS) is 17.1. The Balaban J connectivity index is 1.99. The molecule has 1 aromatic carbocycles. The molecule has 6 heteroatoms. The van der Waals surface area contributed by atoms with Crippen LogP contribution >= 0.6 is 0 Å². The van der Waals surface area contributed by atoms with Crippen LogP contribution in [0.4, 0.5) is 0 Å². The van der Waals surface area contributed by atoms with Crippen LogP contribution in [0.5, 0.6) is 0 Å². The lowest BCUT2D eigenvalue weighted by atomic mass is 10.2. The number of fused-ring (bicyclic) bond motifs is 1. The van der Waals surface area contributed by atoms with Gasteiger partial charge in [-0.15, -0.1) is 0 Å². The Bertz CT molecular complexity index is 800. The number of para-hydroxylation sites is 1. The molecule has 0 amide bonds. The van der Waals surface area contributed by atoms with E-state index in [2.05, 4.69) is 4.98 Å². The van der Waals surface area contributed by atoms with Crippen molar-refractivity contribution in [3.8, 4) is 0 Å². The highest BCUT2D eigenvalue weighted by Crippen LogP contribution is 2.33. The maximum Gasteiger partial charge on any atom is 0.245 e. The zero-order valence-corrected chi connectivity index (χ0v) is 13.5. The topological polar surface area (TPSA) is 70.5 Å². The highest BCUT2D eigenvalue weighted by Gasteiger charge is 2.33. The van der Waals surface area contributed by atoms with E-state index < -0.39 is 16.1 Å². The molecule has 1 N–H and O–H groups in total. The summed E-state index contributed by atoms with van der Waals surface area (Å²) in [7, 11) is -2.16. The van der Waals surface area contributed by atoms with Gasteiger partial charge >= 0.3 is 0 Å². The van der Waals surface area contributed by atoms with Crippen LogP contribution in [0.3, 0.4) is 0 Å². The number of aryl methyl sites for hydroxylation is 1.